The monoisotopic (exact) mass is 148 g/mol. The molecule has 0 aromatic rings. The van der Waals surface area contributed by atoms with Gasteiger partial charge in [0.15, 0.2) is 0 Å². The quantitative estimate of drug-likeness (QED) is 0.353. The molecule has 0 unspecified atom stereocenters. The first kappa shape index (κ1) is 8.93. The Bertz CT molecular complexity index is 273. The van der Waals surface area contributed by atoms with E-state index in [4.69, 9.17) is 15.6 Å². The van der Waals surface area contributed by atoms with E-state index < -0.39 is 5.97 Å². The third-order valence-corrected chi connectivity index (χ3v) is 0.743. The standard InChI is InChI=1S/C7H4N2O2/c8-4-6(5-9)2-1-3-7(10)11/h1-3H,(H,10,11). The number of carboxylic acids is 1. The van der Waals surface area contributed by atoms with E-state index in [1.54, 1.807) is 12.1 Å². The molecule has 4 nitrogen and oxygen atoms in total. The number of carbonyl (C=O) groups is 1. The van der Waals surface area contributed by atoms with Gasteiger partial charge in [0.2, 0.25) is 0 Å². The SMILES string of the molecule is N#CC(C#N)=CC=CC(=O)O. The fourth-order valence-electron chi connectivity index (χ4n) is 0.326. The van der Waals surface area contributed by atoms with Crippen molar-refractivity contribution in [2.75, 3.05) is 0 Å². The lowest BCUT2D eigenvalue weighted by Gasteiger charge is -1.75. The van der Waals surface area contributed by atoms with Gasteiger partial charge in [0.05, 0.1) is 0 Å². The van der Waals surface area contributed by atoms with Gasteiger partial charge in [-0.2, -0.15) is 10.5 Å². The van der Waals surface area contributed by atoms with E-state index in [0.29, 0.717) is 0 Å². The Morgan fingerprint density at radius 1 is 1.36 bits per heavy atom. The van der Waals surface area contributed by atoms with Gasteiger partial charge in [0, 0.05) is 6.08 Å². The van der Waals surface area contributed by atoms with Crippen molar-refractivity contribution in [3.05, 3.63) is 23.8 Å². The normalized spacial score (nSPS) is 8.18. The largest absolute Gasteiger partial charge is 0.478 e. The van der Waals surface area contributed by atoms with E-state index in [1.165, 1.54) is 0 Å². The van der Waals surface area contributed by atoms with Gasteiger partial charge < -0.3 is 5.11 Å². The van der Waals surface area contributed by atoms with Crippen molar-refractivity contribution in [3.63, 3.8) is 0 Å². The molecule has 4 heteroatoms. The molecule has 0 aliphatic rings. The van der Waals surface area contributed by atoms with Gasteiger partial charge in [0.25, 0.3) is 0 Å². The molecule has 0 bridgehead atoms. The zero-order valence-corrected chi connectivity index (χ0v) is 5.48. The maximum absolute atomic E-state index is 9.88. The van der Waals surface area contributed by atoms with Crippen LogP contribution in [0.4, 0.5) is 0 Å². The highest BCUT2D eigenvalue weighted by Crippen LogP contribution is 1.88. The van der Waals surface area contributed by atoms with Crippen molar-refractivity contribution >= 4 is 5.97 Å². The molecule has 54 valence electrons. The zero-order valence-electron chi connectivity index (χ0n) is 5.48. The van der Waals surface area contributed by atoms with Crippen LogP contribution < -0.4 is 0 Å². The van der Waals surface area contributed by atoms with Crippen LogP contribution in [0.2, 0.25) is 0 Å². The van der Waals surface area contributed by atoms with Crippen molar-refractivity contribution in [2.24, 2.45) is 0 Å². The van der Waals surface area contributed by atoms with Gasteiger partial charge in [-0.25, -0.2) is 4.79 Å². The van der Waals surface area contributed by atoms with Crippen LogP contribution in [-0.4, -0.2) is 11.1 Å². The Kier molecular flexibility index (Phi) is 3.88. The Morgan fingerprint density at radius 3 is 2.27 bits per heavy atom. The number of rotatable bonds is 2. The molecule has 1 N–H and O–H groups in total. The lowest BCUT2D eigenvalue weighted by atomic mass is 10.3. The van der Waals surface area contributed by atoms with Gasteiger partial charge in [-0.3, -0.25) is 0 Å². The number of nitriles is 2. The van der Waals surface area contributed by atoms with E-state index in [1.807, 2.05) is 0 Å². The Balaban J connectivity index is 4.27. The highest BCUT2D eigenvalue weighted by molar-refractivity contribution is 5.80. The summed E-state index contributed by atoms with van der Waals surface area (Å²) in [7, 11) is 0. The third kappa shape index (κ3) is 4.43. The van der Waals surface area contributed by atoms with Crippen LogP contribution in [0.15, 0.2) is 23.8 Å². The molecule has 0 fully saturated rings. The highest BCUT2D eigenvalue weighted by atomic mass is 16.4. The number of carboxylic acid groups (broad SMARTS) is 1. The van der Waals surface area contributed by atoms with E-state index >= 15 is 0 Å². The number of hydrogen-bond donors (Lipinski definition) is 1. The first-order valence-electron chi connectivity index (χ1n) is 2.62. The fourth-order valence-corrected chi connectivity index (χ4v) is 0.326. The molecule has 0 saturated heterocycles. The van der Waals surface area contributed by atoms with Gasteiger partial charge in [-0.1, -0.05) is 6.08 Å². The average molecular weight is 148 g/mol. The predicted octanol–water partition coefficient (Wildman–Crippen LogP) is 0.601. The second kappa shape index (κ2) is 4.78. The molecule has 0 atom stereocenters. The van der Waals surface area contributed by atoms with Crippen molar-refractivity contribution in [3.8, 4) is 12.1 Å². The van der Waals surface area contributed by atoms with Crippen LogP contribution in [0.5, 0.6) is 0 Å². The summed E-state index contributed by atoms with van der Waals surface area (Å²) in [4.78, 5) is 9.88. The van der Waals surface area contributed by atoms with Gasteiger partial charge >= 0.3 is 5.97 Å². The van der Waals surface area contributed by atoms with Crippen molar-refractivity contribution in [2.45, 2.75) is 0 Å². The Hall–Kier alpha value is -2.07. The maximum atomic E-state index is 9.88. The molecule has 0 aromatic carbocycles. The molecule has 0 rings (SSSR count). The summed E-state index contributed by atoms with van der Waals surface area (Å²) in [5, 5.41) is 24.4. The Morgan fingerprint density at radius 2 is 1.91 bits per heavy atom. The minimum atomic E-state index is -1.11. The van der Waals surface area contributed by atoms with Crippen LogP contribution in [0.3, 0.4) is 0 Å². The minimum absolute atomic E-state index is 0.123. The summed E-state index contributed by atoms with van der Waals surface area (Å²) < 4.78 is 0. The molecule has 0 radical (unpaired) electrons. The second-order valence-electron chi connectivity index (χ2n) is 1.50. The average Bonchev–Trinajstić information content (AvgIpc) is 1.98. The number of nitrogens with zero attached hydrogens (tertiary/aromatic N) is 2. The predicted molar refractivity (Wildman–Crippen MR) is 36.1 cm³/mol. The molecular formula is C7H4N2O2. The maximum Gasteiger partial charge on any atom is 0.328 e. The number of aliphatic carboxylic acids is 1. The molecule has 0 aromatic heterocycles. The zero-order chi connectivity index (χ0) is 8.69. The lowest BCUT2D eigenvalue weighted by molar-refractivity contribution is -0.131. The van der Waals surface area contributed by atoms with E-state index in [0.717, 1.165) is 18.2 Å². The van der Waals surface area contributed by atoms with Crippen LogP contribution in [-0.2, 0) is 4.79 Å². The van der Waals surface area contributed by atoms with E-state index in [-0.39, 0.29) is 5.57 Å². The summed E-state index contributed by atoms with van der Waals surface area (Å²) in [6.45, 7) is 0. The van der Waals surface area contributed by atoms with Crippen LogP contribution in [0.1, 0.15) is 0 Å². The van der Waals surface area contributed by atoms with Crippen LogP contribution in [0.25, 0.3) is 0 Å². The summed E-state index contributed by atoms with van der Waals surface area (Å²) in [6, 6.07) is 3.16. The van der Waals surface area contributed by atoms with E-state index in [2.05, 4.69) is 0 Å². The van der Waals surface area contributed by atoms with Crippen LogP contribution in [0, 0.1) is 22.7 Å². The fraction of sp³-hybridized carbons (Fsp3) is 0. The van der Waals surface area contributed by atoms with Gasteiger partial charge in [-0.15, -0.1) is 0 Å². The summed E-state index contributed by atoms with van der Waals surface area (Å²) in [5.74, 6) is -1.11. The Labute approximate surface area is 63.3 Å². The molecular weight excluding hydrogens is 144 g/mol. The third-order valence-electron chi connectivity index (χ3n) is 0.743. The smallest absolute Gasteiger partial charge is 0.328 e. The lowest BCUT2D eigenvalue weighted by Crippen LogP contribution is -1.84. The second-order valence-corrected chi connectivity index (χ2v) is 1.50. The topological polar surface area (TPSA) is 84.9 Å². The first-order chi connectivity index (χ1) is 5.20. The molecule has 0 saturated carbocycles. The van der Waals surface area contributed by atoms with Crippen LogP contribution >= 0.6 is 0 Å². The first-order valence-corrected chi connectivity index (χ1v) is 2.62. The summed E-state index contributed by atoms with van der Waals surface area (Å²) >= 11 is 0. The van der Waals surface area contributed by atoms with Gasteiger partial charge in [-0.05, 0) is 6.08 Å². The van der Waals surface area contributed by atoms with Crippen molar-refractivity contribution in [1.29, 1.82) is 10.5 Å². The van der Waals surface area contributed by atoms with E-state index in [9.17, 15) is 4.79 Å². The molecule has 0 heterocycles. The molecule has 0 aliphatic carbocycles. The van der Waals surface area contributed by atoms with Gasteiger partial charge in [0.1, 0.15) is 17.7 Å². The van der Waals surface area contributed by atoms with Crippen molar-refractivity contribution in [1.82, 2.24) is 0 Å². The molecule has 0 aliphatic heterocycles. The highest BCUT2D eigenvalue weighted by Gasteiger charge is 1.87. The number of hydrogen-bond acceptors (Lipinski definition) is 3. The number of allylic oxidation sites excluding steroid dienone is 3. The molecule has 11 heavy (non-hydrogen) atoms. The molecule has 0 amide bonds. The summed E-state index contributed by atoms with van der Waals surface area (Å²) in [6.07, 6.45) is 3.10. The molecule has 0 spiro atoms. The summed E-state index contributed by atoms with van der Waals surface area (Å²) in [5.41, 5.74) is -0.123. The minimum Gasteiger partial charge on any atom is -0.478 e. The van der Waals surface area contributed by atoms with Crippen molar-refractivity contribution < 1.29 is 9.90 Å².